The summed E-state index contributed by atoms with van der Waals surface area (Å²) in [6, 6.07) is 18.1. The molecule has 25 heavy (non-hydrogen) atoms. The van der Waals surface area contributed by atoms with E-state index in [4.69, 9.17) is 15.3 Å². The molecular weight excluding hydrogens is 314 g/mol. The van der Waals surface area contributed by atoms with Crippen LogP contribution in [-0.4, -0.2) is 23.9 Å². The fraction of sp³-hybridized carbons (Fsp3) is 0.250. The number of rotatable bonds is 6. The van der Waals surface area contributed by atoms with Crippen LogP contribution in [0.4, 0.5) is 0 Å². The number of hydrogen-bond acceptors (Lipinski definition) is 4. The number of ether oxygens (including phenoxy) is 1. The van der Waals surface area contributed by atoms with Gasteiger partial charge in [0.25, 0.3) is 5.91 Å². The summed E-state index contributed by atoms with van der Waals surface area (Å²) < 4.78 is 5.70. The molecule has 1 amide bonds. The minimum absolute atomic E-state index is 0.122. The van der Waals surface area contributed by atoms with E-state index in [0.29, 0.717) is 29.9 Å². The van der Waals surface area contributed by atoms with Gasteiger partial charge in [0.15, 0.2) is 0 Å². The standard InChI is InChI=1S/C20H19N3O2/c1-15(10-11-21)23(2)20(24)18-5-3-4-17(12-18)14-25-19-8-6-16(13-22)7-9-19/h3-9,12,15H,10,14H2,1-2H3/t15-/m0/s1. The minimum atomic E-state index is -0.143. The summed E-state index contributed by atoms with van der Waals surface area (Å²) in [5.41, 5.74) is 2.01. The van der Waals surface area contributed by atoms with E-state index in [1.807, 2.05) is 19.1 Å². The molecule has 2 aromatic carbocycles. The van der Waals surface area contributed by atoms with Crippen LogP contribution in [0.3, 0.4) is 0 Å². The number of carbonyl (C=O) groups is 1. The SMILES string of the molecule is C[C@@H](CC#N)N(C)C(=O)c1cccc(COc2ccc(C#N)cc2)c1. The van der Waals surface area contributed by atoms with Crippen LogP contribution < -0.4 is 4.74 Å². The lowest BCUT2D eigenvalue weighted by atomic mass is 10.1. The van der Waals surface area contributed by atoms with Crippen molar-refractivity contribution in [2.75, 3.05) is 7.05 Å². The lowest BCUT2D eigenvalue weighted by Crippen LogP contribution is -2.34. The van der Waals surface area contributed by atoms with Gasteiger partial charge in [0.1, 0.15) is 12.4 Å². The highest BCUT2D eigenvalue weighted by molar-refractivity contribution is 5.94. The number of nitriles is 2. The van der Waals surface area contributed by atoms with Crippen molar-refractivity contribution in [3.8, 4) is 17.9 Å². The van der Waals surface area contributed by atoms with Crippen LogP contribution in [0.2, 0.25) is 0 Å². The maximum atomic E-state index is 12.5. The van der Waals surface area contributed by atoms with Crippen molar-refractivity contribution in [3.05, 3.63) is 65.2 Å². The Morgan fingerprint density at radius 2 is 1.92 bits per heavy atom. The predicted molar refractivity (Wildman–Crippen MR) is 93.7 cm³/mol. The molecule has 126 valence electrons. The Morgan fingerprint density at radius 1 is 1.20 bits per heavy atom. The molecule has 0 fully saturated rings. The Balaban J connectivity index is 2.04. The fourth-order valence-electron chi connectivity index (χ4n) is 2.26. The van der Waals surface area contributed by atoms with E-state index >= 15 is 0 Å². The molecule has 0 saturated carbocycles. The second kappa shape index (κ2) is 8.52. The maximum Gasteiger partial charge on any atom is 0.253 e. The van der Waals surface area contributed by atoms with E-state index < -0.39 is 0 Å². The molecule has 5 nitrogen and oxygen atoms in total. The summed E-state index contributed by atoms with van der Waals surface area (Å²) >= 11 is 0. The first-order chi connectivity index (χ1) is 12.0. The van der Waals surface area contributed by atoms with E-state index in [9.17, 15) is 4.79 Å². The Labute approximate surface area is 147 Å². The first-order valence-electron chi connectivity index (χ1n) is 7.91. The normalized spacial score (nSPS) is 11.0. The molecule has 0 aliphatic carbocycles. The van der Waals surface area contributed by atoms with Crippen LogP contribution in [0.1, 0.15) is 34.8 Å². The molecule has 1 atom stereocenters. The highest BCUT2D eigenvalue weighted by Gasteiger charge is 2.17. The summed E-state index contributed by atoms with van der Waals surface area (Å²) in [5.74, 6) is 0.540. The summed E-state index contributed by atoms with van der Waals surface area (Å²) in [5, 5.41) is 17.6. The van der Waals surface area contributed by atoms with Gasteiger partial charge in [-0.15, -0.1) is 0 Å². The monoisotopic (exact) mass is 333 g/mol. The highest BCUT2D eigenvalue weighted by Crippen LogP contribution is 2.16. The van der Waals surface area contributed by atoms with Gasteiger partial charge in [-0.3, -0.25) is 4.79 Å². The molecule has 0 aliphatic rings. The van der Waals surface area contributed by atoms with E-state index in [2.05, 4.69) is 12.1 Å². The molecule has 0 aromatic heterocycles. The zero-order valence-corrected chi connectivity index (χ0v) is 14.3. The van der Waals surface area contributed by atoms with Crippen LogP contribution in [0, 0.1) is 22.7 Å². The molecule has 2 rings (SSSR count). The Hall–Kier alpha value is -3.31. The van der Waals surface area contributed by atoms with Gasteiger partial charge in [0, 0.05) is 18.7 Å². The first-order valence-corrected chi connectivity index (χ1v) is 7.91. The first kappa shape index (κ1) is 18.0. The third-order valence-corrected chi connectivity index (χ3v) is 3.93. The second-order valence-electron chi connectivity index (χ2n) is 5.75. The zero-order valence-electron chi connectivity index (χ0n) is 14.3. The van der Waals surface area contributed by atoms with Crippen molar-refractivity contribution >= 4 is 5.91 Å². The van der Waals surface area contributed by atoms with E-state index in [1.165, 1.54) is 0 Å². The summed E-state index contributed by atoms with van der Waals surface area (Å²) in [6.45, 7) is 2.17. The third kappa shape index (κ3) is 4.83. The molecule has 0 bridgehead atoms. The van der Waals surface area contributed by atoms with E-state index in [-0.39, 0.29) is 11.9 Å². The van der Waals surface area contributed by atoms with Crippen LogP contribution in [0.25, 0.3) is 0 Å². The Bertz CT molecular complexity index is 816. The highest BCUT2D eigenvalue weighted by atomic mass is 16.5. The molecule has 2 aromatic rings. The van der Waals surface area contributed by atoms with Crippen molar-refractivity contribution in [3.63, 3.8) is 0 Å². The topological polar surface area (TPSA) is 77.1 Å². The Kier molecular flexibility index (Phi) is 6.14. The van der Waals surface area contributed by atoms with Gasteiger partial charge >= 0.3 is 0 Å². The number of hydrogen-bond donors (Lipinski definition) is 0. The summed E-state index contributed by atoms with van der Waals surface area (Å²) in [7, 11) is 1.70. The average Bonchev–Trinajstić information content (AvgIpc) is 2.66. The van der Waals surface area contributed by atoms with Gasteiger partial charge in [-0.1, -0.05) is 12.1 Å². The molecule has 0 N–H and O–H groups in total. The lowest BCUT2D eigenvalue weighted by Gasteiger charge is -2.23. The van der Waals surface area contributed by atoms with Gasteiger partial charge < -0.3 is 9.64 Å². The van der Waals surface area contributed by atoms with Crippen molar-refractivity contribution in [1.82, 2.24) is 4.90 Å². The largest absolute Gasteiger partial charge is 0.489 e. The van der Waals surface area contributed by atoms with Crippen molar-refractivity contribution in [2.24, 2.45) is 0 Å². The van der Waals surface area contributed by atoms with E-state index in [0.717, 1.165) is 5.56 Å². The predicted octanol–water partition coefficient (Wildman–Crippen LogP) is 3.51. The number of carbonyl (C=O) groups excluding carboxylic acids is 1. The van der Waals surface area contributed by atoms with E-state index in [1.54, 1.807) is 48.3 Å². The van der Waals surface area contributed by atoms with Crippen molar-refractivity contribution in [1.29, 1.82) is 10.5 Å². The van der Waals surface area contributed by atoms with Gasteiger partial charge in [-0.2, -0.15) is 10.5 Å². The zero-order chi connectivity index (χ0) is 18.2. The van der Waals surface area contributed by atoms with Crippen molar-refractivity contribution < 1.29 is 9.53 Å². The molecule has 5 heteroatoms. The van der Waals surface area contributed by atoms with Crippen LogP contribution in [0.15, 0.2) is 48.5 Å². The fourth-order valence-corrected chi connectivity index (χ4v) is 2.26. The van der Waals surface area contributed by atoms with Gasteiger partial charge in [-0.25, -0.2) is 0 Å². The van der Waals surface area contributed by atoms with Crippen molar-refractivity contribution in [2.45, 2.75) is 26.0 Å². The number of nitrogens with zero attached hydrogens (tertiary/aromatic N) is 3. The molecule has 0 saturated heterocycles. The van der Waals surface area contributed by atoms with Gasteiger partial charge in [-0.05, 0) is 48.9 Å². The number of amides is 1. The van der Waals surface area contributed by atoms with Crippen LogP contribution in [-0.2, 0) is 6.61 Å². The molecular formula is C20H19N3O2. The van der Waals surface area contributed by atoms with Gasteiger partial charge in [0.2, 0.25) is 0 Å². The smallest absolute Gasteiger partial charge is 0.253 e. The average molecular weight is 333 g/mol. The second-order valence-corrected chi connectivity index (χ2v) is 5.75. The van der Waals surface area contributed by atoms with Gasteiger partial charge in [0.05, 0.1) is 24.1 Å². The molecule has 0 heterocycles. The minimum Gasteiger partial charge on any atom is -0.489 e. The molecule has 0 unspecified atom stereocenters. The maximum absolute atomic E-state index is 12.5. The lowest BCUT2D eigenvalue weighted by molar-refractivity contribution is 0.0746. The van der Waals surface area contributed by atoms with Crippen LogP contribution in [0.5, 0.6) is 5.75 Å². The number of benzene rings is 2. The molecule has 0 radical (unpaired) electrons. The molecule has 0 spiro atoms. The molecule has 0 aliphatic heterocycles. The Morgan fingerprint density at radius 3 is 2.56 bits per heavy atom. The summed E-state index contributed by atoms with van der Waals surface area (Å²) in [6.07, 6.45) is 0.295. The van der Waals surface area contributed by atoms with Crippen LogP contribution >= 0.6 is 0 Å². The summed E-state index contributed by atoms with van der Waals surface area (Å²) in [4.78, 5) is 14.1. The quantitative estimate of drug-likeness (QED) is 0.810. The third-order valence-electron chi connectivity index (χ3n) is 3.93.